The maximum atomic E-state index is 12.0. The first-order valence-electron chi connectivity index (χ1n) is 8.94. The molecule has 0 heterocycles. The lowest BCUT2D eigenvalue weighted by molar-refractivity contribution is -0.0299. The average molecular weight is 390 g/mol. The molecule has 4 heteroatoms. The van der Waals surface area contributed by atoms with Gasteiger partial charge in [0.2, 0.25) is 0 Å². The molecular formula is C22H25Cl2NO. The van der Waals surface area contributed by atoms with Crippen LogP contribution >= 0.6 is 23.2 Å². The van der Waals surface area contributed by atoms with Crippen LogP contribution in [0.5, 0.6) is 0 Å². The summed E-state index contributed by atoms with van der Waals surface area (Å²) in [4.78, 5) is 0. The summed E-state index contributed by atoms with van der Waals surface area (Å²) in [5.74, 6) is -0.0972. The Hall–Kier alpha value is -1.32. The van der Waals surface area contributed by atoms with Crippen LogP contribution in [0.4, 0.5) is 0 Å². The molecule has 2 nitrogen and oxygen atoms in total. The van der Waals surface area contributed by atoms with E-state index in [4.69, 9.17) is 28.9 Å². The Balaban J connectivity index is 2.25. The molecular weight excluding hydrogens is 365 g/mol. The normalized spacial score (nSPS) is 26.8. The molecule has 2 aromatic rings. The Labute approximate surface area is 165 Å². The zero-order valence-corrected chi connectivity index (χ0v) is 16.7. The number of benzene rings is 2. The van der Waals surface area contributed by atoms with Crippen LogP contribution in [0.1, 0.15) is 37.8 Å². The maximum Gasteiger partial charge on any atom is 0.116 e. The first kappa shape index (κ1) is 19.4. The van der Waals surface area contributed by atoms with Gasteiger partial charge in [-0.3, -0.25) is 0 Å². The molecule has 138 valence electrons. The molecule has 0 saturated heterocycles. The minimum absolute atomic E-state index is 0.0972. The monoisotopic (exact) mass is 389 g/mol. The van der Waals surface area contributed by atoms with Crippen molar-refractivity contribution in [2.45, 2.75) is 32.3 Å². The molecule has 0 aromatic heterocycles. The Morgan fingerprint density at radius 1 is 1.12 bits per heavy atom. The van der Waals surface area contributed by atoms with Gasteiger partial charge in [-0.25, -0.2) is 0 Å². The summed E-state index contributed by atoms with van der Waals surface area (Å²) in [6.07, 6.45) is 3.90. The summed E-state index contributed by atoms with van der Waals surface area (Å²) in [7, 11) is 0. The molecule has 2 atom stereocenters. The van der Waals surface area contributed by atoms with Gasteiger partial charge in [-0.15, -0.1) is 0 Å². The number of hydrogen-bond acceptors (Lipinski definition) is 2. The van der Waals surface area contributed by atoms with E-state index in [9.17, 15) is 5.11 Å². The standard InChI is InChI=1S/C22H25Cl2NO/c1-21(2)9-8-16(14-25)22(26,17-11-18(23)13-19(24)12-17)20(21)10-15-6-4-3-5-7-15/h3-7,10-13,16,26H,8-9,14,25H2,1-2H3. The van der Waals surface area contributed by atoms with Crippen molar-refractivity contribution in [3.63, 3.8) is 0 Å². The largest absolute Gasteiger partial charge is 0.380 e. The van der Waals surface area contributed by atoms with Gasteiger partial charge in [0.15, 0.2) is 0 Å². The summed E-state index contributed by atoms with van der Waals surface area (Å²) in [5, 5.41) is 13.1. The highest BCUT2D eigenvalue weighted by molar-refractivity contribution is 6.34. The number of hydrogen-bond donors (Lipinski definition) is 2. The van der Waals surface area contributed by atoms with Crippen LogP contribution < -0.4 is 5.73 Å². The van der Waals surface area contributed by atoms with Crippen LogP contribution in [0.15, 0.2) is 54.1 Å². The minimum atomic E-state index is -1.21. The van der Waals surface area contributed by atoms with E-state index in [1.165, 1.54) is 0 Å². The van der Waals surface area contributed by atoms with Crippen molar-refractivity contribution in [3.05, 3.63) is 75.3 Å². The van der Waals surface area contributed by atoms with E-state index in [1.54, 1.807) is 18.2 Å². The Morgan fingerprint density at radius 3 is 2.31 bits per heavy atom. The number of rotatable bonds is 3. The molecule has 0 bridgehead atoms. The van der Waals surface area contributed by atoms with Gasteiger partial charge in [-0.1, -0.05) is 73.5 Å². The van der Waals surface area contributed by atoms with Crippen molar-refractivity contribution >= 4 is 29.3 Å². The van der Waals surface area contributed by atoms with Crippen LogP contribution in [0.2, 0.25) is 10.0 Å². The molecule has 26 heavy (non-hydrogen) atoms. The fourth-order valence-electron chi connectivity index (χ4n) is 4.09. The third kappa shape index (κ3) is 3.57. The van der Waals surface area contributed by atoms with Crippen molar-refractivity contribution in [1.82, 2.24) is 0 Å². The molecule has 3 N–H and O–H groups in total. The van der Waals surface area contributed by atoms with Gasteiger partial charge in [-0.2, -0.15) is 0 Å². The molecule has 1 fully saturated rings. The Morgan fingerprint density at radius 2 is 1.73 bits per heavy atom. The van der Waals surface area contributed by atoms with Crippen LogP contribution in [-0.2, 0) is 5.60 Å². The maximum absolute atomic E-state index is 12.0. The Bertz CT molecular complexity index is 796. The number of halogens is 2. The predicted octanol–water partition coefficient (Wildman–Crippen LogP) is 5.66. The van der Waals surface area contributed by atoms with Gasteiger partial charge >= 0.3 is 0 Å². The molecule has 0 aliphatic heterocycles. The predicted molar refractivity (Wildman–Crippen MR) is 110 cm³/mol. The first-order valence-corrected chi connectivity index (χ1v) is 9.69. The van der Waals surface area contributed by atoms with E-state index in [0.29, 0.717) is 22.2 Å². The van der Waals surface area contributed by atoms with Crippen LogP contribution in [0.25, 0.3) is 6.08 Å². The highest BCUT2D eigenvalue weighted by Gasteiger charge is 2.50. The summed E-state index contributed by atoms with van der Waals surface area (Å²) in [6.45, 7) is 4.74. The van der Waals surface area contributed by atoms with Crippen molar-refractivity contribution in [2.24, 2.45) is 17.1 Å². The molecule has 2 aromatic carbocycles. The summed E-state index contributed by atoms with van der Waals surface area (Å²) < 4.78 is 0. The quantitative estimate of drug-likeness (QED) is 0.710. The smallest absolute Gasteiger partial charge is 0.116 e. The van der Waals surface area contributed by atoms with Gasteiger partial charge in [0.1, 0.15) is 5.60 Å². The van der Waals surface area contributed by atoms with Gasteiger partial charge in [0.05, 0.1) is 0 Å². The van der Waals surface area contributed by atoms with Crippen molar-refractivity contribution in [1.29, 1.82) is 0 Å². The van der Waals surface area contributed by atoms with Crippen molar-refractivity contribution < 1.29 is 5.11 Å². The third-order valence-electron chi connectivity index (χ3n) is 5.55. The molecule has 0 amide bonds. The highest BCUT2D eigenvalue weighted by Crippen LogP contribution is 2.54. The van der Waals surface area contributed by atoms with Gasteiger partial charge in [0.25, 0.3) is 0 Å². The fourth-order valence-corrected chi connectivity index (χ4v) is 4.62. The second-order valence-corrected chi connectivity index (χ2v) is 8.62. The SMILES string of the molecule is CC1(C)CCC(CN)C(O)(c2cc(Cl)cc(Cl)c2)C1=Cc1ccccc1. The van der Waals surface area contributed by atoms with Gasteiger partial charge < -0.3 is 10.8 Å². The van der Waals surface area contributed by atoms with Gasteiger partial charge in [0, 0.05) is 16.0 Å². The zero-order valence-electron chi connectivity index (χ0n) is 15.2. The van der Waals surface area contributed by atoms with E-state index in [-0.39, 0.29) is 11.3 Å². The van der Waals surface area contributed by atoms with E-state index in [0.717, 1.165) is 24.0 Å². The number of aliphatic hydroxyl groups is 1. The van der Waals surface area contributed by atoms with Gasteiger partial charge in [-0.05, 0) is 59.7 Å². The lowest BCUT2D eigenvalue weighted by atomic mass is 9.58. The van der Waals surface area contributed by atoms with E-state index in [1.807, 2.05) is 30.3 Å². The van der Waals surface area contributed by atoms with E-state index < -0.39 is 5.60 Å². The fraction of sp³-hybridized carbons (Fsp3) is 0.364. The lowest BCUT2D eigenvalue weighted by Crippen LogP contribution is -2.49. The highest BCUT2D eigenvalue weighted by atomic mass is 35.5. The van der Waals surface area contributed by atoms with E-state index in [2.05, 4.69) is 19.9 Å². The lowest BCUT2D eigenvalue weighted by Gasteiger charge is -2.50. The Kier molecular flexibility index (Phi) is 5.50. The summed E-state index contributed by atoms with van der Waals surface area (Å²) in [6, 6.07) is 15.4. The van der Waals surface area contributed by atoms with E-state index >= 15 is 0 Å². The second kappa shape index (κ2) is 7.36. The topological polar surface area (TPSA) is 46.2 Å². The second-order valence-electron chi connectivity index (χ2n) is 7.75. The summed E-state index contributed by atoms with van der Waals surface area (Å²) >= 11 is 12.5. The van der Waals surface area contributed by atoms with Crippen LogP contribution in [-0.4, -0.2) is 11.7 Å². The summed E-state index contributed by atoms with van der Waals surface area (Å²) in [5.41, 5.74) is 7.42. The zero-order chi connectivity index (χ0) is 18.9. The third-order valence-corrected chi connectivity index (χ3v) is 5.98. The number of nitrogens with two attached hydrogens (primary N) is 1. The molecule has 0 spiro atoms. The van der Waals surface area contributed by atoms with Crippen LogP contribution in [0, 0.1) is 11.3 Å². The van der Waals surface area contributed by atoms with Crippen molar-refractivity contribution in [2.75, 3.05) is 6.54 Å². The first-order chi connectivity index (χ1) is 12.3. The average Bonchev–Trinajstić information content (AvgIpc) is 2.59. The van der Waals surface area contributed by atoms with Crippen LogP contribution in [0.3, 0.4) is 0 Å². The molecule has 0 radical (unpaired) electrons. The molecule has 1 aliphatic rings. The molecule has 1 aliphatic carbocycles. The van der Waals surface area contributed by atoms with Crippen molar-refractivity contribution in [3.8, 4) is 0 Å². The minimum Gasteiger partial charge on any atom is -0.380 e. The molecule has 1 saturated carbocycles. The molecule has 2 unspecified atom stereocenters. The molecule has 3 rings (SSSR count).